The van der Waals surface area contributed by atoms with Gasteiger partial charge < -0.3 is 5.32 Å². The van der Waals surface area contributed by atoms with Crippen molar-refractivity contribution in [1.82, 2.24) is 20.0 Å². The maximum Gasteiger partial charge on any atom is 0.0673 e. The molecule has 0 aliphatic rings. The van der Waals surface area contributed by atoms with Gasteiger partial charge in [0.1, 0.15) is 0 Å². The lowest BCUT2D eigenvalue weighted by molar-refractivity contribution is 0.0695. The van der Waals surface area contributed by atoms with Crippen LogP contribution in [0.25, 0.3) is 0 Å². The zero-order valence-corrected chi connectivity index (χ0v) is 13.4. The Balaban J connectivity index is 3.18. The molecule has 0 aromatic carbocycles. The molecule has 0 amide bonds. The molecule has 1 aromatic heterocycles. The second-order valence-corrected chi connectivity index (χ2v) is 5.18. The minimum atomic E-state index is 0.102. The van der Waals surface area contributed by atoms with Crippen molar-refractivity contribution in [3.05, 3.63) is 18.0 Å². The smallest absolute Gasteiger partial charge is 0.0673 e. The van der Waals surface area contributed by atoms with Gasteiger partial charge in [0.2, 0.25) is 0 Å². The third kappa shape index (κ3) is 3.00. The normalized spacial score (nSPS) is 16.6. The number of rotatable bonds is 8. The monoisotopic (exact) mass is 266 g/mol. The third-order valence-electron chi connectivity index (χ3n) is 4.46. The minimum absolute atomic E-state index is 0.102. The zero-order valence-electron chi connectivity index (χ0n) is 13.4. The Bertz CT molecular complexity index is 370. The number of hydrogen-bond acceptors (Lipinski definition) is 3. The van der Waals surface area contributed by atoms with E-state index in [-0.39, 0.29) is 5.54 Å². The predicted molar refractivity (Wildman–Crippen MR) is 81.3 cm³/mol. The van der Waals surface area contributed by atoms with Crippen LogP contribution in [0.2, 0.25) is 0 Å². The lowest BCUT2D eigenvalue weighted by atomic mass is 9.85. The van der Waals surface area contributed by atoms with Crippen molar-refractivity contribution in [2.24, 2.45) is 0 Å². The fourth-order valence-corrected chi connectivity index (χ4v) is 3.19. The van der Waals surface area contributed by atoms with Crippen molar-refractivity contribution in [2.45, 2.75) is 59.2 Å². The molecule has 1 rings (SSSR count). The second-order valence-electron chi connectivity index (χ2n) is 5.18. The molecule has 1 N–H and O–H groups in total. The van der Waals surface area contributed by atoms with E-state index < -0.39 is 0 Å². The molecule has 1 heterocycles. The number of nitrogens with zero attached hydrogens (tertiary/aromatic N) is 3. The summed E-state index contributed by atoms with van der Waals surface area (Å²) in [6.45, 7) is 14.3. The average molecular weight is 266 g/mol. The van der Waals surface area contributed by atoms with Crippen LogP contribution < -0.4 is 5.32 Å². The number of aromatic nitrogens is 2. The summed E-state index contributed by atoms with van der Waals surface area (Å²) >= 11 is 0. The van der Waals surface area contributed by atoms with Gasteiger partial charge in [-0.3, -0.25) is 9.58 Å². The minimum Gasteiger partial charge on any atom is -0.310 e. The van der Waals surface area contributed by atoms with Crippen molar-refractivity contribution < 1.29 is 0 Å². The quantitative estimate of drug-likeness (QED) is 0.785. The van der Waals surface area contributed by atoms with Gasteiger partial charge >= 0.3 is 0 Å². The topological polar surface area (TPSA) is 33.1 Å². The molecule has 0 aliphatic carbocycles. The van der Waals surface area contributed by atoms with Crippen LogP contribution in [-0.4, -0.2) is 40.4 Å². The van der Waals surface area contributed by atoms with Crippen LogP contribution >= 0.6 is 0 Å². The van der Waals surface area contributed by atoms with Crippen LogP contribution in [0, 0.1) is 0 Å². The van der Waals surface area contributed by atoms with Crippen molar-refractivity contribution >= 4 is 0 Å². The van der Waals surface area contributed by atoms with Crippen molar-refractivity contribution in [2.75, 3.05) is 20.1 Å². The van der Waals surface area contributed by atoms with Gasteiger partial charge in [0.15, 0.2) is 0 Å². The molecule has 0 bridgehead atoms. The van der Waals surface area contributed by atoms with Gasteiger partial charge in [-0.05, 0) is 46.5 Å². The maximum atomic E-state index is 4.42. The Morgan fingerprint density at radius 3 is 2.37 bits per heavy atom. The van der Waals surface area contributed by atoms with Gasteiger partial charge in [0.25, 0.3) is 0 Å². The fraction of sp³-hybridized carbons (Fsp3) is 0.800. The first-order valence-electron chi connectivity index (χ1n) is 7.52. The van der Waals surface area contributed by atoms with Crippen LogP contribution in [-0.2, 0) is 6.54 Å². The van der Waals surface area contributed by atoms with E-state index in [0.29, 0.717) is 6.04 Å². The summed E-state index contributed by atoms with van der Waals surface area (Å²) in [5.74, 6) is 0. The van der Waals surface area contributed by atoms with Gasteiger partial charge in [-0.15, -0.1) is 0 Å². The Kier molecular flexibility index (Phi) is 6.01. The molecule has 0 radical (unpaired) electrons. The fourth-order valence-electron chi connectivity index (χ4n) is 3.19. The third-order valence-corrected chi connectivity index (χ3v) is 4.46. The molecule has 0 saturated heterocycles. The van der Waals surface area contributed by atoms with Crippen LogP contribution in [0.4, 0.5) is 0 Å². The summed E-state index contributed by atoms with van der Waals surface area (Å²) in [6.07, 6.45) is 3.01. The summed E-state index contributed by atoms with van der Waals surface area (Å²) in [6, 6.07) is 2.43. The zero-order chi connectivity index (χ0) is 14.5. The van der Waals surface area contributed by atoms with Gasteiger partial charge in [0, 0.05) is 18.3 Å². The largest absolute Gasteiger partial charge is 0.310 e. The molecule has 4 heteroatoms. The first kappa shape index (κ1) is 16.2. The summed E-state index contributed by atoms with van der Waals surface area (Å²) in [4.78, 5) is 2.54. The number of nitrogens with one attached hydrogen (secondary N) is 1. The molecule has 110 valence electrons. The van der Waals surface area contributed by atoms with E-state index in [1.807, 2.05) is 6.20 Å². The van der Waals surface area contributed by atoms with E-state index >= 15 is 0 Å². The average Bonchev–Trinajstić information content (AvgIpc) is 2.89. The Morgan fingerprint density at radius 2 is 1.95 bits per heavy atom. The Hall–Kier alpha value is -0.870. The molecule has 2 unspecified atom stereocenters. The number of likely N-dealkylation sites (N-methyl/N-ethyl adjacent to an activating group) is 2. The number of hydrogen-bond donors (Lipinski definition) is 1. The highest BCUT2D eigenvalue weighted by Gasteiger charge is 2.38. The van der Waals surface area contributed by atoms with E-state index in [2.05, 4.69) is 67.7 Å². The lowest BCUT2D eigenvalue weighted by Gasteiger charge is -2.45. The Labute approximate surface area is 118 Å². The summed E-state index contributed by atoms with van der Waals surface area (Å²) < 4.78 is 2.10. The summed E-state index contributed by atoms with van der Waals surface area (Å²) in [5, 5.41) is 7.94. The van der Waals surface area contributed by atoms with Crippen molar-refractivity contribution in [3.8, 4) is 0 Å². The predicted octanol–water partition coefficient (Wildman–Crippen LogP) is 2.67. The van der Waals surface area contributed by atoms with E-state index in [1.165, 1.54) is 5.69 Å². The van der Waals surface area contributed by atoms with Gasteiger partial charge in [-0.1, -0.05) is 20.8 Å². The molecule has 1 aromatic rings. The standard InChI is InChI=1S/C15H30N4/c1-7-15(5,18(8-2)9-3)14(16-6)13-11-12-17-19(13)10-4/h11-12,14,16H,7-10H2,1-6H3. The van der Waals surface area contributed by atoms with Crippen LogP contribution in [0.5, 0.6) is 0 Å². The molecular formula is C15H30N4. The van der Waals surface area contributed by atoms with Crippen molar-refractivity contribution in [1.29, 1.82) is 0 Å². The van der Waals surface area contributed by atoms with Gasteiger partial charge in [0.05, 0.1) is 11.7 Å². The van der Waals surface area contributed by atoms with Crippen LogP contribution in [0.15, 0.2) is 12.3 Å². The summed E-state index contributed by atoms with van der Waals surface area (Å²) in [5.41, 5.74) is 1.38. The van der Waals surface area contributed by atoms with E-state index in [1.54, 1.807) is 0 Å². The highest BCUT2D eigenvalue weighted by molar-refractivity contribution is 5.14. The van der Waals surface area contributed by atoms with E-state index in [4.69, 9.17) is 0 Å². The van der Waals surface area contributed by atoms with Gasteiger partial charge in [-0.2, -0.15) is 5.10 Å². The molecule has 4 nitrogen and oxygen atoms in total. The van der Waals surface area contributed by atoms with Crippen molar-refractivity contribution in [3.63, 3.8) is 0 Å². The summed E-state index contributed by atoms with van der Waals surface area (Å²) in [7, 11) is 2.05. The van der Waals surface area contributed by atoms with E-state index in [9.17, 15) is 0 Å². The van der Waals surface area contributed by atoms with E-state index in [0.717, 1.165) is 26.1 Å². The first-order chi connectivity index (χ1) is 9.08. The highest BCUT2D eigenvalue weighted by atomic mass is 15.3. The Morgan fingerprint density at radius 1 is 1.32 bits per heavy atom. The molecule has 19 heavy (non-hydrogen) atoms. The van der Waals surface area contributed by atoms with Crippen LogP contribution in [0.3, 0.4) is 0 Å². The lowest BCUT2D eigenvalue weighted by Crippen LogP contribution is -2.54. The molecule has 0 aliphatic heterocycles. The molecule has 0 saturated carbocycles. The molecular weight excluding hydrogens is 236 g/mol. The van der Waals surface area contributed by atoms with Gasteiger partial charge in [-0.25, -0.2) is 0 Å². The maximum absolute atomic E-state index is 4.42. The molecule has 0 fully saturated rings. The molecule has 0 spiro atoms. The highest BCUT2D eigenvalue weighted by Crippen LogP contribution is 2.33. The SMILES string of the molecule is CCN(CC)C(C)(CC)C(NC)c1ccnn1CC. The molecule has 2 atom stereocenters. The first-order valence-corrected chi connectivity index (χ1v) is 7.52. The number of aryl methyl sites for hydroxylation is 1. The van der Waals surface area contributed by atoms with Crippen LogP contribution in [0.1, 0.15) is 52.8 Å². The second kappa shape index (κ2) is 7.06.